The third-order valence-corrected chi connectivity index (χ3v) is 1.73. The van der Waals surface area contributed by atoms with Gasteiger partial charge in [-0.25, -0.2) is 9.59 Å². The van der Waals surface area contributed by atoms with E-state index >= 15 is 0 Å². The topological polar surface area (TPSA) is 75.6 Å². The average molecular weight is 305 g/mol. The van der Waals surface area contributed by atoms with Crippen molar-refractivity contribution in [3.63, 3.8) is 0 Å². The van der Waals surface area contributed by atoms with Crippen molar-refractivity contribution in [2.24, 2.45) is 0 Å². The van der Waals surface area contributed by atoms with Gasteiger partial charge >= 0.3 is 12.1 Å². The van der Waals surface area contributed by atoms with Gasteiger partial charge in [0.1, 0.15) is 12.6 Å². The van der Waals surface area contributed by atoms with Crippen LogP contribution in [0, 0.1) is 0 Å². The van der Waals surface area contributed by atoms with Crippen molar-refractivity contribution in [2.45, 2.75) is 23.7 Å². The highest BCUT2D eigenvalue weighted by atomic mass is 35.6. The van der Waals surface area contributed by atoms with E-state index in [1.807, 2.05) is 0 Å². The number of hydrogen-bond donors (Lipinski definition) is 2. The van der Waals surface area contributed by atoms with Crippen LogP contribution < -0.4 is 5.32 Å². The normalized spacial score (nSPS) is 12.5. The number of carboxylic acids is 1. The standard InChI is InChI=1S/C9H12Cl3NO4/c1-5(2)3-6(7(14)15)13-8(16)17-4-9(10,11)12/h3,6H,4H2,1-2H3,(H,13,16)(H,14,15). The van der Waals surface area contributed by atoms with Crippen LogP contribution in [0.25, 0.3) is 0 Å². The molecule has 0 aliphatic heterocycles. The predicted molar refractivity (Wildman–Crippen MR) is 65.6 cm³/mol. The lowest BCUT2D eigenvalue weighted by Crippen LogP contribution is -2.40. The number of amides is 1. The molecule has 1 atom stereocenters. The van der Waals surface area contributed by atoms with Gasteiger partial charge in [0.05, 0.1) is 0 Å². The second kappa shape index (κ2) is 6.93. The van der Waals surface area contributed by atoms with Crippen molar-refractivity contribution in [3.05, 3.63) is 11.6 Å². The SMILES string of the molecule is CC(C)=CC(NC(=O)OCC(Cl)(Cl)Cl)C(=O)O. The molecular formula is C9H12Cl3NO4. The van der Waals surface area contributed by atoms with Crippen LogP contribution in [-0.2, 0) is 9.53 Å². The fraction of sp³-hybridized carbons (Fsp3) is 0.556. The number of alkyl carbamates (subject to hydrolysis) is 1. The second-order valence-corrected chi connectivity index (χ2v) is 5.91. The van der Waals surface area contributed by atoms with E-state index in [9.17, 15) is 9.59 Å². The van der Waals surface area contributed by atoms with Gasteiger partial charge in [-0.3, -0.25) is 0 Å². The van der Waals surface area contributed by atoms with Crippen LogP contribution in [0.2, 0.25) is 0 Å². The molecule has 0 aliphatic rings. The molecular weight excluding hydrogens is 292 g/mol. The molecule has 0 saturated heterocycles. The first kappa shape index (κ1) is 16.4. The van der Waals surface area contributed by atoms with Gasteiger partial charge in [0.2, 0.25) is 3.79 Å². The molecule has 5 nitrogen and oxygen atoms in total. The maximum atomic E-state index is 11.2. The van der Waals surface area contributed by atoms with Crippen molar-refractivity contribution in [2.75, 3.05) is 6.61 Å². The summed E-state index contributed by atoms with van der Waals surface area (Å²) in [4.78, 5) is 22.0. The first-order chi connectivity index (χ1) is 7.61. The minimum absolute atomic E-state index is 0.468. The Bertz CT molecular complexity index is 321. The van der Waals surface area contributed by atoms with Crippen molar-refractivity contribution in [3.8, 4) is 0 Å². The number of alkyl halides is 3. The number of halogens is 3. The van der Waals surface area contributed by atoms with Crippen LogP contribution in [-0.4, -0.2) is 33.6 Å². The van der Waals surface area contributed by atoms with Gasteiger partial charge in [-0.1, -0.05) is 46.5 Å². The Balaban J connectivity index is 4.33. The van der Waals surface area contributed by atoms with Crippen LogP contribution in [0.4, 0.5) is 4.79 Å². The molecule has 0 aromatic carbocycles. The van der Waals surface area contributed by atoms with Crippen molar-refractivity contribution < 1.29 is 19.4 Å². The molecule has 0 rings (SSSR count). The summed E-state index contributed by atoms with van der Waals surface area (Å²) in [6.45, 7) is 2.93. The number of rotatable bonds is 4. The molecule has 0 bridgehead atoms. The zero-order valence-corrected chi connectivity index (χ0v) is 11.4. The van der Waals surface area contributed by atoms with Gasteiger partial charge in [0.15, 0.2) is 0 Å². The fourth-order valence-electron chi connectivity index (χ4n) is 0.824. The zero-order valence-electron chi connectivity index (χ0n) is 9.17. The molecule has 1 amide bonds. The summed E-state index contributed by atoms with van der Waals surface area (Å²) in [5, 5.41) is 10.9. The molecule has 0 saturated carbocycles. The number of nitrogens with one attached hydrogen (secondary N) is 1. The number of carbonyl (C=O) groups excluding carboxylic acids is 1. The summed E-state index contributed by atoms with van der Waals surface area (Å²) in [6, 6.07) is -1.18. The molecule has 0 aromatic heterocycles. The predicted octanol–water partition coefficient (Wildman–Crippen LogP) is 2.50. The summed E-state index contributed by atoms with van der Waals surface area (Å²) in [5.74, 6) is -1.21. The number of aliphatic carboxylic acids is 1. The van der Waals surface area contributed by atoms with E-state index < -0.39 is 28.5 Å². The van der Waals surface area contributed by atoms with Gasteiger partial charge in [0.25, 0.3) is 0 Å². The Morgan fingerprint density at radius 1 is 1.41 bits per heavy atom. The maximum Gasteiger partial charge on any atom is 0.408 e. The quantitative estimate of drug-likeness (QED) is 0.618. The number of carboxylic acid groups (broad SMARTS) is 1. The monoisotopic (exact) mass is 303 g/mol. The summed E-state index contributed by atoms with van der Waals surface area (Å²) in [5.41, 5.74) is 0.735. The van der Waals surface area contributed by atoms with E-state index in [-0.39, 0.29) is 0 Å². The largest absolute Gasteiger partial charge is 0.479 e. The van der Waals surface area contributed by atoms with Crippen molar-refractivity contribution >= 4 is 46.9 Å². The molecule has 0 aliphatic carbocycles. The first-order valence-corrected chi connectivity index (χ1v) is 5.63. The van der Waals surface area contributed by atoms with Crippen molar-refractivity contribution in [1.82, 2.24) is 5.32 Å². The highest BCUT2D eigenvalue weighted by Gasteiger charge is 2.24. The van der Waals surface area contributed by atoms with E-state index in [0.717, 1.165) is 5.57 Å². The molecule has 98 valence electrons. The number of allylic oxidation sites excluding steroid dienone is 1. The fourth-order valence-corrected chi connectivity index (χ4v) is 0.988. The Labute approximate surface area is 114 Å². The molecule has 0 spiro atoms. The minimum atomic E-state index is -1.73. The Morgan fingerprint density at radius 3 is 2.29 bits per heavy atom. The highest BCUT2D eigenvalue weighted by Crippen LogP contribution is 2.25. The zero-order chi connectivity index (χ0) is 13.6. The van der Waals surface area contributed by atoms with E-state index in [4.69, 9.17) is 39.9 Å². The molecule has 0 aromatic rings. The lowest BCUT2D eigenvalue weighted by atomic mass is 10.2. The number of hydrogen-bond acceptors (Lipinski definition) is 3. The summed E-state index contributed by atoms with van der Waals surface area (Å²) in [7, 11) is 0. The summed E-state index contributed by atoms with van der Waals surface area (Å²) < 4.78 is 2.80. The Hall–Kier alpha value is -0.650. The molecule has 8 heteroatoms. The van der Waals surface area contributed by atoms with Gasteiger partial charge in [-0.2, -0.15) is 0 Å². The van der Waals surface area contributed by atoms with Crippen LogP contribution in [0.5, 0.6) is 0 Å². The molecule has 1 unspecified atom stereocenters. The minimum Gasteiger partial charge on any atom is -0.479 e. The third kappa shape index (κ3) is 9.09. The van der Waals surface area contributed by atoms with E-state index in [2.05, 4.69) is 10.1 Å². The van der Waals surface area contributed by atoms with E-state index in [0.29, 0.717) is 0 Å². The smallest absolute Gasteiger partial charge is 0.408 e. The van der Waals surface area contributed by atoms with Crippen LogP contribution in [0.15, 0.2) is 11.6 Å². The number of ether oxygens (including phenoxy) is 1. The maximum absolute atomic E-state index is 11.2. The molecule has 0 heterocycles. The summed E-state index contributed by atoms with van der Waals surface area (Å²) in [6.07, 6.45) is 0.389. The van der Waals surface area contributed by atoms with E-state index in [1.54, 1.807) is 13.8 Å². The Morgan fingerprint density at radius 2 is 1.94 bits per heavy atom. The Kier molecular flexibility index (Phi) is 6.67. The van der Waals surface area contributed by atoms with Gasteiger partial charge in [0, 0.05) is 0 Å². The lowest BCUT2D eigenvalue weighted by Gasteiger charge is -2.14. The van der Waals surface area contributed by atoms with Gasteiger partial charge in [-0.15, -0.1) is 0 Å². The second-order valence-electron chi connectivity index (χ2n) is 3.40. The highest BCUT2D eigenvalue weighted by molar-refractivity contribution is 6.67. The third-order valence-electron chi connectivity index (χ3n) is 1.41. The van der Waals surface area contributed by atoms with Crippen LogP contribution >= 0.6 is 34.8 Å². The molecule has 2 N–H and O–H groups in total. The summed E-state index contributed by atoms with van der Waals surface area (Å²) >= 11 is 16.1. The first-order valence-electron chi connectivity index (χ1n) is 4.49. The van der Waals surface area contributed by atoms with Gasteiger partial charge < -0.3 is 15.2 Å². The number of carbonyl (C=O) groups is 2. The van der Waals surface area contributed by atoms with E-state index in [1.165, 1.54) is 6.08 Å². The molecule has 17 heavy (non-hydrogen) atoms. The average Bonchev–Trinajstić information content (AvgIpc) is 2.11. The van der Waals surface area contributed by atoms with Crippen LogP contribution in [0.1, 0.15) is 13.8 Å². The molecule has 0 radical (unpaired) electrons. The molecule has 0 fully saturated rings. The van der Waals surface area contributed by atoms with Crippen LogP contribution in [0.3, 0.4) is 0 Å². The lowest BCUT2D eigenvalue weighted by molar-refractivity contribution is -0.138. The van der Waals surface area contributed by atoms with Gasteiger partial charge in [-0.05, 0) is 13.8 Å². The van der Waals surface area contributed by atoms with Crippen molar-refractivity contribution in [1.29, 1.82) is 0 Å².